The Labute approximate surface area is 74.7 Å². The minimum absolute atomic E-state index is 0.0151. The SMILES string of the molecule is NC(=O)c1cc(S(=O)[O-])sc1N. The molecule has 1 aromatic rings. The summed E-state index contributed by atoms with van der Waals surface area (Å²) in [6, 6.07) is 1.16. The fraction of sp³-hybridized carbons (Fsp3) is 0. The maximum Gasteiger partial charge on any atom is 0.251 e. The number of hydrogen-bond acceptors (Lipinski definition) is 5. The molecule has 4 N–H and O–H groups in total. The van der Waals surface area contributed by atoms with Gasteiger partial charge in [0.1, 0.15) is 0 Å². The van der Waals surface area contributed by atoms with Gasteiger partial charge in [-0.1, -0.05) is 0 Å². The molecule has 1 rings (SSSR count). The number of carbonyl (C=O) groups excluding carboxylic acids is 1. The van der Waals surface area contributed by atoms with Crippen LogP contribution in [0.5, 0.6) is 0 Å². The largest absolute Gasteiger partial charge is 0.768 e. The van der Waals surface area contributed by atoms with Gasteiger partial charge in [0.05, 0.1) is 14.8 Å². The van der Waals surface area contributed by atoms with Gasteiger partial charge in [-0.3, -0.25) is 9.00 Å². The van der Waals surface area contributed by atoms with Gasteiger partial charge in [-0.15, -0.1) is 11.3 Å². The Morgan fingerprint density at radius 2 is 2.25 bits per heavy atom. The van der Waals surface area contributed by atoms with Crippen LogP contribution in [0, 0.1) is 0 Å². The molecule has 0 aliphatic heterocycles. The summed E-state index contributed by atoms with van der Waals surface area (Å²) in [4.78, 5) is 10.6. The highest BCUT2D eigenvalue weighted by Gasteiger charge is 2.10. The maximum atomic E-state index is 10.6. The van der Waals surface area contributed by atoms with Crippen molar-refractivity contribution in [3.05, 3.63) is 11.6 Å². The minimum atomic E-state index is -2.35. The van der Waals surface area contributed by atoms with Gasteiger partial charge in [0, 0.05) is 0 Å². The summed E-state index contributed by atoms with van der Waals surface area (Å²) < 4.78 is 20.8. The molecular weight excluding hydrogens is 200 g/mol. The van der Waals surface area contributed by atoms with Gasteiger partial charge in [-0.2, -0.15) is 0 Å². The topological polar surface area (TPSA) is 109 Å². The van der Waals surface area contributed by atoms with Gasteiger partial charge < -0.3 is 16.0 Å². The van der Waals surface area contributed by atoms with E-state index in [0.29, 0.717) is 0 Å². The van der Waals surface area contributed by atoms with Crippen LogP contribution in [0.25, 0.3) is 0 Å². The fourth-order valence-electron chi connectivity index (χ4n) is 0.656. The van der Waals surface area contributed by atoms with E-state index >= 15 is 0 Å². The van der Waals surface area contributed by atoms with E-state index in [1.54, 1.807) is 0 Å². The van der Waals surface area contributed by atoms with Gasteiger partial charge in [0.2, 0.25) is 0 Å². The summed E-state index contributed by atoms with van der Waals surface area (Å²) in [7, 11) is 0. The zero-order chi connectivity index (χ0) is 9.30. The predicted molar refractivity (Wildman–Crippen MR) is 44.4 cm³/mol. The minimum Gasteiger partial charge on any atom is -0.768 e. The summed E-state index contributed by atoms with van der Waals surface area (Å²) in [5, 5.41) is 0.127. The molecule has 0 saturated heterocycles. The van der Waals surface area contributed by atoms with E-state index in [1.165, 1.54) is 0 Å². The van der Waals surface area contributed by atoms with Crippen molar-refractivity contribution in [3.8, 4) is 0 Å². The average Bonchev–Trinajstić information content (AvgIpc) is 2.30. The molecule has 5 nitrogen and oxygen atoms in total. The van der Waals surface area contributed by atoms with E-state index in [1.807, 2.05) is 0 Å². The number of rotatable bonds is 2. The maximum absolute atomic E-state index is 10.6. The first-order chi connectivity index (χ1) is 5.52. The standard InChI is InChI=1S/C5H6N2O3S2/c6-4(8)2-1-3(12(9)10)11-5(2)7/h1H,7H2,(H2,6,8)(H,9,10)/p-1. The van der Waals surface area contributed by atoms with Crippen LogP contribution in [0.1, 0.15) is 10.4 Å². The zero-order valence-electron chi connectivity index (χ0n) is 5.77. The smallest absolute Gasteiger partial charge is 0.251 e. The van der Waals surface area contributed by atoms with Crippen molar-refractivity contribution >= 4 is 33.3 Å². The molecule has 12 heavy (non-hydrogen) atoms. The second-order valence-corrected chi connectivity index (χ2v) is 4.19. The molecule has 1 unspecified atom stereocenters. The van der Waals surface area contributed by atoms with Crippen LogP contribution in [0.2, 0.25) is 0 Å². The quantitative estimate of drug-likeness (QED) is 0.644. The van der Waals surface area contributed by atoms with Gasteiger partial charge in [-0.25, -0.2) is 0 Å². The molecular formula is C5H5N2O3S2-. The third-order valence-electron chi connectivity index (χ3n) is 1.17. The number of primary amides is 1. The highest BCUT2D eigenvalue weighted by atomic mass is 32.2. The molecule has 1 atom stereocenters. The molecule has 66 valence electrons. The van der Waals surface area contributed by atoms with E-state index in [9.17, 15) is 13.6 Å². The normalized spacial score (nSPS) is 12.8. The molecule has 0 aliphatic rings. The molecule has 0 aliphatic carbocycles. The summed E-state index contributed by atoms with van der Waals surface area (Å²) in [6.45, 7) is 0. The third kappa shape index (κ3) is 1.63. The molecule has 1 aromatic heterocycles. The van der Waals surface area contributed by atoms with Crippen LogP contribution in [-0.2, 0) is 11.1 Å². The number of thiophene rings is 1. The number of carbonyl (C=O) groups is 1. The lowest BCUT2D eigenvalue weighted by Crippen LogP contribution is -2.11. The van der Waals surface area contributed by atoms with Gasteiger partial charge in [0.25, 0.3) is 5.91 Å². The first-order valence-corrected chi connectivity index (χ1v) is 4.70. The molecule has 0 saturated carbocycles. The van der Waals surface area contributed by atoms with E-state index < -0.39 is 17.0 Å². The number of amides is 1. The second-order valence-electron chi connectivity index (χ2n) is 1.94. The number of nitrogen functional groups attached to an aromatic ring is 1. The van der Waals surface area contributed by atoms with Crippen molar-refractivity contribution in [1.29, 1.82) is 0 Å². The first kappa shape index (κ1) is 9.17. The Morgan fingerprint density at radius 1 is 1.67 bits per heavy atom. The number of nitrogens with two attached hydrogens (primary N) is 2. The van der Waals surface area contributed by atoms with Crippen molar-refractivity contribution in [1.82, 2.24) is 0 Å². The highest BCUT2D eigenvalue weighted by molar-refractivity contribution is 7.81. The van der Waals surface area contributed by atoms with Gasteiger partial charge >= 0.3 is 0 Å². The van der Waals surface area contributed by atoms with E-state index in [4.69, 9.17) is 11.5 Å². The number of anilines is 1. The fourth-order valence-corrected chi connectivity index (χ4v) is 2.08. The Kier molecular flexibility index (Phi) is 2.46. The van der Waals surface area contributed by atoms with Crippen LogP contribution in [0.4, 0.5) is 5.00 Å². The Balaban J connectivity index is 3.17. The zero-order valence-corrected chi connectivity index (χ0v) is 7.41. The lowest BCUT2D eigenvalue weighted by molar-refractivity contribution is 0.100. The molecule has 0 fully saturated rings. The summed E-state index contributed by atoms with van der Waals surface area (Å²) in [5.41, 5.74) is 10.3. The first-order valence-electron chi connectivity index (χ1n) is 2.80. The van der Waals surface area contributed by atoms with E-state index in [0.717, 1.165) is 17.4 Å². The van der Waals surface area contributed by atoms with Crippen molar-refractivity contribution in [2.24, 2.45) is 5.73 Å². The van der Waals surface area contributed by atoms with Crippen molar-refractivity contribution < 1.29 is 13.6 Å². The van der Waals surface area contributed by atoms with Gasteiger partial charge in [0.15, 0.2) is 0 Å². The van der Waals surface area contributed by atoms with Crippen molar-refractivity contribution in [3.63, 3.8) is 0 Å². The third-order valence-corrected chi connectivity index (χ3v) is 3.03. The van der Waals surface area contributed by atoms with Crippen LogP contribution >= 0.6 is 11.3 Å². The lowest BCUT2D eigenvalue weighted by atomic mass is 10.3. The van der Waals surface area contributed by atoms with Crippen LogP contribution < -0.4 is 11.5 Å². The Bertz CT molecular complexity index is 346. The van der Waals surface area contributed by atoms with Crippen molar-refractivity contribution in [2.75, 3.05) is 5.73 Å². The van der Waals surface area contributed by atoms with Crippen LogP contribution in [-0.4, -0.2) is 14.7 Å². The van der Waals surface area contributed by atoms with E-state index in [-0.39, 0.29) is 14.8 Å². The predicted octanol–water partition coefficient (Wildman–Crippen LogP) is -0.333. The molecule has 1 heterocycles. The summed E-state index contributed by atoms with van der Waals surface area (Å²) in [5.74, 6) is -0.722. The lowest BCUT2D eigenvalue weighted by Gasteiger charge is -1.97. The van der Waals surface area contributed by atoms with Crippen LogP contribution in [0.3, 0.4) is 0 Å². The average molecular weight is 205 g/mol. The molecule has 0 bridgehead atoms. The van der Waals surface area contributed by atoms with Crippen molar-refractivity contribution in [2.45, 2.75) is 4.21 Å². The molecule has 1 amide bonds. The molecule has 0 aromatic carbocycles. The Hall–Kier alpha value is -0.920. The highest BCUT2D eigenvalue weighted by Crippen LogP contribution is 2.26. The number of hydrogen-bond donors (Lipinski definition) is 2. The summed E-state index contributed by atoms with van der Waals surface area (Å²) in [6.07, 6.45) is 0. The monoisotopic (exact) mass is 205 g/mol. The van der Waals surface area contributed by atoms with Crippen LogP contribution in [0.15, 0.2) is 10.3 Å². The summed E-state index contributed by atoms with van der Waals surface area (Å²) >= 11 is -1.54. The Morgan fingerprint density at radius 3 is 2.50 bits per heavy atom. The van der Waals surface area contributed by atoms with E-state index in [2.05, 4.69) is 0 Å². The second kappa shape index (κ2) is 3.21. The van der Waals surface area contributed by atoms with Gasteiger partial charge in [-0.05, 0) is 17.1 Å². The molecule has 0 spiro atoms. The molecule has 0 radical (unpaired) electrons. The molecule has 7 heteroatoms.